The van der Waals surface area contributed by atoms with E-state index in [0.29, 0.717) is 21.7 Å². The van der Waals surface area contributed by atoms with Crippen molar-refractivity contribution in [1.29, 1.82) is 0 Å². The zero-order chi connectivity index (χ0) is 19.6. The molecule has 1 amide bonds. The molecular weight excluding hydrogens is 480 g/mol. The molecule has 1 aromatic heterocycles. The van der Waals surface area contributed by atoms with Crippen molar-refractivity contribution in [1.82, 2.24) is 0 Å². The van der Waals surface area contributed by atoms with E-state index in [9.17, 15) is 14.0 Å². The van der Waals surface area contributed by atoms with Gasteiger partial charge in [0.25, 0.3) is 5.91 Å². The van der Waals surface area contributed by atoms with E-state index in [1.807, 2.05) is 19.1 Å². The number of carbonyl (C=O) groups excluding carboxylic acids is 2. The molecule has 3 rings (SSSR count). The molecule has 0 aliphatic rings. The summed E-state index contributed by atoms with van der Waals surface area (Å²) in [5.74, 6) is -1.23. The molecule has 1 N–H and O–H groups in total. The number of carbonyl (C=O) groups is 2. The van der Waals surface area contributed by atoms with Gasteiger partial charge in [-0.3, -0.25) is 4.79 Å². The topological polar surface area (TPSA) is 55.4 Å². The third kappa shape index (κ3) is 4.03. The highest BCUT2D eigenvalue weighted by atomic mass is 127. The lowest BCUT2D eigenvalue weighted by Gasteiger charge is -2.09. The minimum atomic E-state index is -0.559. The lowest BCUT2D eigenvalue weighted by atomic mass is 10.0. The van der Waals surface area contributed by atoms with Crippen LogP contribution in [0.25, 0.3) is 11.1 Å². The highest BCUT2D eigenvalue weighted by Crippen LogP contribution is 2.40. The van der Waals surface area contributed by atoms with E-state index < -0.39 is 5.97 Å². The van der Waals surface area contributed by atoms with Gasteiger partial charge in [-0.1, -0.05) is 24.3 Å². The second-order valence-corrected chi connectivity index (χ2v) is 8.06. The number of anilines is 1. The van der Waals surface area contributed by atoms with Crippen LogP contribution >= 0.6 is 33.9 Å². The maximum Gasteiger partial charge on any atom is 0.341 e. The van der Waals surface area contributed by atoms with Crippen LogP contribution < -0.4 is 5.32 Å². The number of ether oxygens (including phenoxy) is 1. The first-order valence-corrected chi connectivity index (χ1v) is 9.85. The highest BCUT2D eigenvalue weighted by molar-refractivity contribution is 14.1. The molecule has 4 nitrogen and oxygen atoms in total. The van der Waals surface area contributed by atoms with Crippen LogP contribution in [0.4, 0.5) is 9.39 Å². The van der Waals surface area contributed by atoms with E-state index in [4.69, 9.17) is 4.74 Å². The maximum atomic E-state index is 13.3. The second-order valence-electron chi connectivity index (χ2n) is 5.67. The number of methoxy groups -OCH3 is 1. The number of rotatable bonds is 4. The molecule has 3 aromatic rings. The Morgan fingerprint density at radius 2 is 1.78 bits per heavy atom. The maximum absolute atomic E-state index is 13.3. The fourth-order valence-electron chi connectivity index (χ4n) is 2.71. The van der Waals surface area contributed by atoms with E-state index in [-0.39, 0.29) is 17.3 Å². The summed E-state index contributed by atoms with van der Waals surface area (Å²) >= 11 is 3.37. The fraction of sp³-hybridized carbons (Fsp3) is 0.100. The van der Waals surface area contributed by atoms with Crippen LogP contribution in [0.1, 0.15) is 25.6 Å². The predicted molar refractivity (Wildman–Crippen MR) is 113 cm³/mol. The zero-order valence-electron chi connectivity index (χ0n) is 14.5. The monoisotopic (exact) mass is 495 g/mol. The first-order chi connectivity index (χ1) is 12.9. The van der Waals surface area contributed by atoms with E-state index in [0.717, 1.165) is 8.45 Å². The Morgan fingerprint density at radius 3 is 2.41 bits per heavy atom. The van der Waals surface area contributed by atoms with E-state index in [1.165, 1.54) is 30.6 Å². The smallest absolute Gasteiger partial charge is 0.341 e. The Labute approximate surface area is 173 Å². The van der Waals surface area contributed by atoms with Gasteiger partial charge < -0.3 is 10.1 Å². The normalized spacial score (nSPS) is 10.5. The van der Waals surface area contributed by atoms with Crippen LogP contribution in [0.3, 0.4) is 0 Å². The SMILES string of the molecule is COC(=O)c1c(NC(=O)c2ccccc2I)sc(C)c1-c1ccc(F)cc1. The Balaban J connectivity index is 2.07. The van der Waals surface area contributed by atoms with Gasteiger partial charge in [-0.25, -0.2) is 9.18 Å². The Hall–Kier alpha value is -2.26. The molecule has 0 spiro atoms. The molecule has 1 heterocycles. The summed E-state index contributed by atoms with van der Waals surface area (Å²) in [6.07, 6.45) is 0. The van der Waals surface area contributed by atoms with Crippen LogP contribution in [-0.4, -0.2) is 19.0 Å². The summed E-state index contributed by atoms with van der Waals surface area (Å²) in [5.41, 5.74) is 2.10. The first-order valence-electron chi connectivity index (χ1n) is 7.96. The fourth-order valence-corrected chi connectivity index (χ4v) is 4.40. The van der Waals surface area contributed by atoms with Crippen LogP contribution in [0.15, 0.2) is 48.5 Å². The molecule has 0 atom stereocenters. The van der Waals surface area contributed by atoms with Gasteiger partial charge in [0, 0.05) is 14.0 Å². The average molecular weight is 495 g/mol. The molecule has 138 valence electrons. The molecule has 0 radical (unpaired) electrons. The summed E-state index contributed by atoms with van der Waals surface area (Å²) < 4.78 is 19.0. The van der Waals surface area contributed by atoms with Gasteiger partial charge in [0.05, 0.1) is 12.7 Å². The molecule has 2 aromatic carbocycles. The number of thiophene rings is 1. The first kappa shape index (κ1) is 19.5. The van der Waals surface area contributed by atoms with Crippen molar-refractivity contribution in [3.05, 3.63) is 73.9 Å². The Bertz CT molecular complexity index is 1010. The van der Waals surface area contributed by atoms with Crippen LogP contribution in [0.5, 0.6) is 0 Å². The van der Waals surface area contributed by atoms with Crippen molar-refractivity contribution in [2.45, 2.75) is 6.92 Å². The van der Waals surface area contributed by atoms with E-state index >= 15 is 0 Å². The highest BCUT2D eigenvalue weighted by Gasteiger charge is 2.25. The minimum absolute atomic E-state index is 0.269. The summed E-state index contributed by atoms with van der Waals surface area (Å²) in [5, 5.41) is 3.23. The number of hydrogen-bond acceptors (Lipinski definition) is 4. The van der Waals surface area contributed by atoms with Crippen molar-refractivity contribution < 1.29 is 18.7 Å². The number of aryl methyl sites for hydroxylation is 1. The third-order valence-corrected chi connectivity index (χ3v) is 5.91. The van der Waals surface area contributed by atoms with Crippen molar-refractivity contribution in [3.8, 4) is 11.1 Å². The van der Waals surface area contributed by atoms with Gasteiger partial charge in [0.2, 0.25) is 0 Å². The van der Waals surface area contributed by atoms with Crippen molar-refractivity contribution in [3.63, 3.8) is 0 Å². The van der Waals surface area contributed by atoms with Gasteiger partial charge in [-0.2, -0.15) is 0 Å². The molecule has 7 heteroatoms. The molecule has 0 fully saturated rings. The Morgan fingerprint density at radius 1 is 1.11 bits per heavy atom. The summed E-state index contributed by atoms with van der Waals surface area (Å²) in [6.45, 7) is 1.84. The van der Waals surface area contributed by atoms with Crippen molar-refractivity contribution in [2.75, 3.05) is 12.4 Å². The van der Waals surface area contributed by atoms with Gasteiger partial charge in [-0.05, 0) is 59.3 Å². The van der Waals surface area contributed by atoms with E-state index in [2.05, 4.69) is 27.9 Å². The number of benzene rings is 2. The Kier molecular flexibility index (Phi) is 5.91. The number of hydrogen-bond donors (Lipinski definition) is 1. The molecule has 27 heavy (non-hydrogen) atoms. The van der Waals surface area contributed by atoms with Crippen LogP contribution in [-0.2, 0) is 4.74 Å². The third-order valence-electron chi connectivity index (χ3n) is 3.95. The number of nitrogens with one attached hydrogen (secondary N) is 1. The number of esters is 1. The van der Waals surface area contributed by atoms with Gasteiger partial charge in [-0.15, -0.1) is 11.3 Å². The van der Waals surface area contributed by atoms with Crippen LogP contribution in [0, 0.1) is 16.3 Å². The summed E-state index contributed by atoms with van der Waals surface area (Å²) in [4.78, 5) is 26.0. The van der Waals surface area contributed by atoms with Gasteiger partial charge in [0.15, 0.2) is 0 Å². The average Bonchev–Trinajstić information content (AvgIpc) is 2.97. The quantitative estimate of drug-likeness (QED) is 0.384. The number of amides is 1. The van der Waals surface area contributed by atoms with Crippen molar-refractivity contribution >= 4 is 50.8 Å². The van der Waals surface area contributed by atoms with Crippen molar-refractivity contribution in [2.24, 2.45) is 0 Å². The standard InChI is InChI=1S/C20H15FINO3S/c1-11-16(12-7-9-13(21)10-8-12)17(20(25)26-2)19(27-11)23-18(24)14-5-3-4-6-15(14)22/h3-10H,1-2H3,(H,23,24). The molecule has 0 aliphatic carbocycles. The van der Waals surface area contributed by atoms with Gasteiger partial charge >= 0.3 is 5.97 Å². The van der Waals surface area contributed by atoms with Gasteiger partial charge in [0.1, 0.15) is 16.4 Å². The molecule has 0 bridgehead atoms. The lowest BCUT2D eigenvalue weighted by Crippen LogP contribution is -2.15. The molecular formula is C20H15FINO3S. The lowest BCUT2D eigenvalue weighted by molar-refractivity contribution is 0.0603. The zero-order valence-corrected chi connectivity index (χ0v) is 17.5. The molecule has 0 unspecified atom stereocenters. The predicted octanol–water partition coefficient (Wildman–Crippen LogP) is 5.51. The van der Waals surface area contributed by atoms with E-state index in [1.54, 1.807) is 24.3 Å². The molecule has 0 saturated carbocycles. The molecule has 0 saturated heterocycles. The molecule has 0 aliphatic heterocycles. The second kappa shape index (κ2) is 8.18. The minimum Gasteiger partial charge on any atom is -0.465 e. The van der Waals surface area contributed by atoms with Crippen LogP contribution in [0.2, 0.25) is 0 Å². The summed E-state index contributed by atoms with van der Waals surface area (Å²) in [6, 6.07) is 13.0. The summed E-state index contributed by atoms with van der Waals surface area (Å²) in [7, 11) is 1.29. The number of halogens is 2. The largest absolute Gasteiger partial charge is 0.465 e.